The molecule has 1 unspecified atom stereocenters. The largest absolute Gasteiger partial charge is 0.462 e. The molecular weight excluding hydrogens is 1030 g/mol. The first-order valence-electron chi connectivity index (χ1n) is 37.8. The number of ether oxygens (including phenoxy) is 2. The van der Waals surface area contributed by atoms with Crippen LogP contribution in [-0.2, 0) is 19.1 Å². The van der Waals surface area contributed by atoms with E-state index in [1.807, 2.05) is 0 Å². The maximum atomic E-state index is 12.4. The minimum atomic E-state index is -0.771. The van der Waals surface area contributed by atoms with Crippen molar-refractivity contribution in [1.29, 1.82) is 0 Å². The number of allylic oxidation sites excluding steroid dienone is 10. The van der Waals surface area contributed by atoms with Crippen molar-refractivity contribution in [1.82, 2.24) is 0 Å². The summed E-state index contributed by atoms with van der Waals surface area (Å²) in [5.41, 5.74) is 0. The highest BCUT2D eigenvalue weighted by atomic mass is 16.6. The molecule has 0 aromatic heterocycles. The van der Waals surface area contributed by atoms with E-state index in [-0.39, 0.29) is 25.2 Å². The van der Waals surface area contributed by atoms with Gasteiger partial charge < -0.3 is 14.6 Å². The Hall–Kier alpha value is -2.40. The summed E-state index contributed by atoms with van der Waals surface area (Å²) in [5, 5.41) is 9.72. The number of carbonyl (C=O) groups is 2. The average Bonchev–Trinajstić information content (AvgIpc) is 3.51. The van der Waals surface area contributed by atoms with Crippen LogP contribution in [-0.4, -0.2) is 36.4 Å². The molecule has 5 nitrogen and oxygen atoms in total. The molecule has 0 saturated heterocycles. The van der Waals surface area contributed by atoms with Crippen LogP contribution >= 0.6 is 0 Å². The Bertz CT molecular complexity index is 1430. The molecule has 84 heavy (non-hydrogen) atoms. The lowest BCUT2D eigenvalue weighted by molar-refractivity contribution is -0.161. The van der Waals surface area contributed by atoms with Gasteiger partial charge in [0.25, 0.3) is 0 Å². The normalized spacial score (nSPS) is 12.5. The number of hydrogen-bond acceptors (Lipinski definition) is 5. The number of aliphatic hydroxyl groups excluding tert-OH is 1. The van der Waals surface area contributed by atoms with Gasteiger partial charge in [0, 0.05) is 12.8 Å². The highest BCUT2D eigenvalue weighted by molar-refractivity contribution is 5.70. The summed E-state index contributed by atoms with van der Waals surface area (Å²) in [5.74, 6) is -0.565. The molecule has 0 spiro atoms. The molecule has 0 rings (SSSR count). The van der Waals surface area contributed by atoms with Crippen molar-refractivity contribution < 1.29 is 24.2 Å². The molecule has 0 heterocycles. The summed E-state index contributed by atoms with van der Waals surface area (Å²) in [6, 6.07) is 0. The second-order valence-electron chi connectivity index (χ2n) is 25.7. The van der Waals surface area contributed by atoms with Gasteiger partial charge in [0.2, 0.25) is 0 Å². The van der Waals surface area contributed by atoms with E-state index in [2.05, 4.69) is 74.6 Å². The first-order valence-corrected chi connectivity index (χ1v) is 37.8. The number of aliphatic hydroxyl groups is 1. The predicted octanol–water partition coefficient (Wildman–Crippen LogP) is 26.4. The molecule has 0 aliphatic carbocycles. The van der Waals surface area contributed by atoms with Crippen molar-refractivity contribution in [3.05, 3.63) is 60.8 Å². The van der Waals surface area contributed by atoms with E-state index in [9.17, 15) is 14.7 Å². The van der Waals surface area contributed by atoms with E-state index >= 15 is 0 Å². The van der Waals surface area contributed by atoms with Crippen LogP contribution in [0.5, 0.6) is 0 Å². The minimum absolute atomic E-state index is 0.0595. The third-order valence-electron chi connectivity index (χ3n) is 17.3. The van der Waals surface area contributed by atoms with Gasteiger partial charge >= 0.3 is 11.9 Å². The maximum Gasteiger partial charge on any atom is 0.306 e. The molecule has 0 bridgehead atoms. The Labute approximate surface area is 525 Å². The first kappa shape index (κ1) is 81.6. The van der Waals surface area contributed by atoms with Crippen molar-refractivity contribution in [3.8, 4) is 0 Å². The van der Waals surface area contributed by atoms with Crippen LogP contribution in [0, 0.1) is 0 Å². The summed E-state index contributed by atoms with van der Waals surface area (Å²) in [6.07, 6.45) is 103. The van der Waals surface area contributed by atoms with E-state index in [1.165, 1.54) is 321 Å². The van der Waals surface area contributed by atoms with Crippen molar-refractivity contribution in [3.63, 3.8) is 0 Å². The van der Waals surface area contributed by atoms with Crippen molar-refractivity contribution in [2.24, 2.45) is 0 Å². The number of hydrogen-bond donors (Lipinski definition) is 1. The van der Waals surface area contributed by atoms with Gasteiger partial charge in [0.1, 0.15) is 6.61 Å². The lowest BCUT2D eigenvalue weighted by Crippen LogP contribution is -2.28. The third-order valence-corrected chi connectivity index (χ3v) is 17.3. The lowest BCUT2D eigenvalue weighted by Gasteiger charge is -2.15. The first-order chi connectivity index (χ1) is 41.6. The lowest BCUT2D eigenvalue weighted by atomic mass is 10.0. The molecule has 0 amide bonds. The summed E-state index contributed by atoms with van der Waals surface area (Å²) >= 11 is 0. The number of rotatable bonds is 71. The van der Waals surface area contributed by atoms with Gasteiger partial charge in [-0.2, -0.15) is 0 Å². The molecule has 0 aromatic carbocycles. The van der Waals surface area contributed by atoms with Crippen LogP contribution in [0.1, 0.15) is 412 Å². The maximum absolute atomic E-state index is 12.4. The van der Waals surface area contributed by atoms with E-state index in [1.54, 1.807) is 0 Å². The summed E-state index contributed by atoms with van der Waals surface area (Å²) in [4.78, 5) is 24.7. The number of unbranched alkanes of at least 4 members (excludes halogenated alkanes) is 53. The molecular formula is C79H146O5. The highest BCUT2D eigenvalue weighted by Gasteiger charge is 2.16. The Morgan fingerprint density at radius 1 is 0.286 bits per heavy atom. The highest BCUT2D eigenvalue weighted by Crippen LogP contribution is 2.20. The standard InChI is InChI=1S/C79H146O5/c1-3-5-7-9-11-13-15-17-19-21-23-25-27-29-31-33-35-37-38-39-40-42-44-46-48-50-52-54-56-58-60-62-64-66-68-70-72-74-79(82)84-77(75-80)76-83-78(81)73-71-69-67-65-63-61-59-57-55-53-51-49-47-45-43-41-36-34-32-30-28-26-24-22-20-18-16-14-12-10-8-6-4-2/h5,7,11,13,17,19,23,25,29,31,77,80H,3-4,6,8-10,12,14-16,18,20-22,24,26-28,30,32-76H2,1-2H3/b7-5-,13-11-,19-17-,25-23-,31-29-. The van der Waals surface area contributed by atoms with Crippen LogP contribution in [0.2, 0.25) is 0 Å². The van der Waals surface area contributed by atoms with Gasteiger partial charge in [-0.1, -0.05) is 402 Å². The Balaban J connectivity index is 3.38. The van der Waals surface area contributed by atoms with E-state index < -0.39 is 6.10 Å². The Morgan fingerprint density at radius 3 is 0.774 bits per heavy atom. The molecule has 0 saturated carbocycles. The van der Waals surface area contributed by atoms with Gasteiger partial charge in [-0.15, -0.1) is 0 Å². The third kappa shape index (κ3) is 72.1. The summed E-state index contributed by atoms with van der Waals surface area (Å²) in [6.45, 7) is 4.09. The van der Waals surface area contributed by atoms with Crippen LogP contribution in [0.3, 0.4) is 0 Å². The summed E-state index contributed by atoms with van der Waals surface area (Å²) in [7, 11) is 0. The van der Waals surface area contributed by atoms with Gasteiger partial charge in [0.15, 0.2) is 6.10 Å². The SMILES string of the molecule is CC/C=C\C/C=C\C/C=C\C/C=C\C/C=C\CCCCCCCCCCCCCCCCCCCCCCCC(=O)OC(CO)COC(=O)CCCCCCCCCCCCCCCCCCCCCCCCCCCCCCCCCCC. The molecule has 5 heteroatoms. The van der Waals surface area contributed by atoms with Crippen LogP contribution < -0.4 is 0 Å². The quantitative estimate of drug-likeness (QED) is 0.0373. The van der Waals surface area contributed by atoms with Gasteiger partial charge in [-0.05, 0) is 57.8 Å². The minimum Gasteiger partial charge on any atom is -0.462 e. The molecule has 0 aromatic rings. The fourth-order valence-electron chi connectivity index (χ4n) is 11.7. The van der Waals surface area contributed by atoms with Gasteiger partial charge in [0.05, 0.1) is 6.61 Å². The van der Waals surface area contributed by atoms with Gasteiger partial charge in [-0.3, -0.25) is 9.59 Å². The number of esters is 2. The molecule has 0 radical (unpaired) electrons. The van der Waals surface area contributed by atoms with Crippen molar-refractivity contribution in [2.45, 2.75) is 418 Å². The average molecular weight is 1180 g/mol. The molecule has 0 aliphatic rings. The van der Waals surface area contributed by atoms with E-state index in [0.717, 1.165) is 64.2 Å². The molecule has 1 N–H and O–H groups in total. The fraction of sp³-hybridized carbons (Fsp3) is 0.848. The second kappa shape index (κ2) is 74.9. The molecule has 1 atom stereocenters. The van der Waals surface area contributed by atoms with Crippen LogP contribution in [0.25, 0.3) is 0 Å². The topological polar surface area (TPSA) is 72.8 Å². The Morgan fingerprint density at radius 2 is 0.512 bits per heavy atom. The molecule has 0 fully saturated rings. The van der Waals surface area contributed by atoms with Gasteiger partial charge in [-0.25, -0.2) is 0 Å². The number of carbonyl (C=O) groups excluding carboxylic acids is 2. The van der Waals surface area contributed by atoms with Crippen molar-refractivity contribution in [2.75, 3.05) is 13.2 Å². The predicted molar refractivity (Wildman–Crippen MR) is 371 cm³/mol. The molecule has 0 aliphatic heterocycles. The van der Waals surface area contributed by atoms with Crippen LogP contribution in [0.4, 0.5) is 0 Å². The fourth-order valence-corrected chi connectivity index (χ4v) is 11.7. The second-order valence-corrected chi connectivity index (χ2v) is 25.7. The van der Waals surface area contributed by atoms with Crippen LogP contribution in [0.15, 0.2) is 60.8 Å². The smallest absolute Gasteiger partial charge is 0.306 e. The zero-order chi connectivity index (χ0) is 60.5. The Kier molecular flexibility index (Phi) is 72.7. The van der Waals surface area contributed by atoms with Crippen molar-refractivity contribution >= 4 is 11.9 Å². The molecule has 492 valence electrons. The van der Waals surface area contributed by atoms with E-state index in [0.29, 0.717) is 12.8 Å². The van der Waals surface area contributed by atoms with E-state index in [4.69, 9.17) is 9.47 Å². The zero-order valence-electron chi connectivity index (χ0n) is 56.7. The monoisotopic (exact) mass is 1180 g/mol. The zero-order valence-corrected chi connectivity index (χ0v) is 56.7. The summed E-state index contributed by atoms with van der Waals surface area (Å²) < 4.78 is 10.8.